The van der Waals surface area contributed by atoms with E-state index in [9.17, 15) is 22.8 Å². The highest BCUT2D eigenvalue weighted by atomic mass is 32.2. The van der Waals surface area contributed by atoms with E-state index in [2.05, 4.69) is 25.4 Å². The van der Waals surface area contributed by atoms with Crippen molar-refractivity contribution in [3.05, 3.63) is 54.1 Å². The van der Waals surface area contributed by atoms with E-state index in [-0.39, 0.29) is 30.7 Å². The van der Waals surface area contributed by atoms with Crippen molar-refractivity contribution < 1.29 is 32.4 Å². The topological polar surface area (TPSA) is 161 Å². The van der Waals surface area contributed by atoms with Gasteiger partial charge in [-0.05, 0) is 81.3 Å². The largest absolute Gasteiger partial charge is 0.443 e. The molecule has 1 saturated heterocycles. The molecule has 0 bridgehead atoms. The first kappa shape index (κ1) is 33.7. The van der Waals surface area contributed by atoms with E-state index in [4.69, 9.17) is 4.74 Å². The number of para-hydroxylation sites is 2. The molecule has 1 aliphatic heterocycles. The SMILES string of the molecule is CCCCS(=O)(=O)NOC(=O)CCNC(=O)c1ccc(N2CCC(Nc3nc4ccccc4n3C(=O)OC(C)(C)C)CC2)cc1. The number of carbonyl (C=O) groups is 3. The minimum atomic E-state index is -3.68. The number of hydrogen-bond acceptors (Lipinski definition) is 10. The molecular weight excluding hydrogens is 600 g/mol. The fraction of sp³-hybridized carbons (Fsp3) is 0.484. The van der Waals surface area contributed by atoms with Crippen LogP contribution in [-0.2, 0) is 24.4 Å². The molecule has 1 aliphatic rings. The van der Waals surface area contributed by atoms with Gasteiger partial charge in [-0.2, -0.15) is 0 Å². The van der Waals surface area contributed by atoms with Gasteiger partial charge in [-0.15, -0.1) is 0 Å². The number of hydrogen-bond donors (Lipinski definition) is 3. The molecule has 13 nitrogen and oxygen atoms in total. The molecular formula is C31H42N6O7S. The number of nitrogens with zero attached hydrogens (tertiary/aromatic N) is 3. The third-order valence-electron chi connectivity index (χ3n) is 7.12. The smallest absolute Gasteiger partial charge is 0.421 e. The van der Waals surface area contributed by atoms with Crippen LogP contribution in [-0.4, -0.2) is 73.0 Å². The molecule has 3 N–H and O–H groups in total. The van der Waals surface area contributed by atoms with Crippen molar-refractivity contribution >= 4 is 50.7 Å². The Morgan fingerprint density at radius 3 is 2.38 bits per heavy atom. The number of rotatable bonds is 12. The number of ether oxygens (including phenoxy) is 1. The van der Waals surface area contributed by atoms with Gasteiger partial charge in [0.25, 0.3) is 5.91 Å². The van der Waals surface area contributed by atoms with E-state index in [0.717, 1.165) is 31.6 Å². The summed E-state index contributed by atoms with van der Waals surface area (Å²) in [5.41, 5.74) is 2.15. The molecule has 3 aromatic rings. The Balaban J connectivity index is 1.26. The van der Waals surface area contributed by atoms with Gasteiger partial charge in [0, 0.05) is 36.9 Å². The van der Waals surface area contributed by atoms with Gasteiger partial charge in [-0.1, -0.05) is 25.5 Å². The zero-order chi connectivity index (χ0) is 32.6. The Bertz CT molecular complexity index is 1590. The van der Waals surface area contributed by atoms with Crippen molar-refractivity contribution in [1.82, 2.24) is 19.8 Å². The van der Waals surface area contributed by atoms with Crippen LogP contribution in [0.25, 0.3) is 11.0 Å². The highest BCUT2D eigenvalue weighted by molar-refractivity contribution is 7.89. The number of nitrogens with one attached hydrogen (secondary N) is 3. The lowest BCUT2D eigenvalue weighted by molar-refractivity contribution is -0.146. The van der Waals surface area contributed by atoms with Gasteiger partial charge in [0.15, 0.2) is 0 Å². The summed E-state index contributed by atoms with van der Waals surface area (Å²) in [7, 11) is -3.68. The molecule has 0 spiro atoms. The van der Waals surface area contributed by atoms with Crippen LogP contribution in [0, 0.1) is 0 Å². The number of fused-ring (bicyclic) bond motifs is 1. The lowest BCUT2D eigenvalue weighted by Crippen LogP contribution is -2.40. The second-order valence-corrected chi connectivity index (χ2v) is 13.7. The second kappa shape index (κ2) is 14.7. The monoisotopic (exact) mass is 642 g/mol. The molecule has 45 heavy (non-hydrogen) atoms. The number of aromatic nitrogens is 2. The summed E-state index contributed by atoms with van der Waals surface area (Å²) in [4.78, 5) is 50.8. The van der Waals surface area contributed by atoms with Crippen molar-refractivity contribution in [3.63, 3.8) is 0 Å². The minimum Gasteiger partial charge on any atom is -0.443 e. The van der Waals surface area contributed by atoms with Crippen LogP contribution in [0.4, 0.5) is 16.4 Å². The first-order valence-electron chi connectivity index (χ1n) is 15.1. The summed E-state index contributed by atoms with van der Waals surface area (Å²) in [6, 6.07) is 14.8. The first-order chi connectivity index (χ1) is 21.3. The number of amides is 1. The molecule has 244 valence electrons. The van der Waals surface area contributed by atoms with E-state index in [0.29, 0.717) is 35.4 Å². The van der Waals surface area contributed by atoms with Gasteiger partial charge in [0.1, 0.15) is 5.60 Å². The zero-order valence-electron chi connectivity index (χ0n) is 26.2. The van der Waals surface area contributed by atoms with E-state index in [1.807, 2.05) is 69.0 Å². The van der Waals surface area contributed by atoms with E-state index in [1.165, 1.54) is 4.57 Å². The Labute approximate surface area is 263 Å². The van der Waals surface area contributed by atoms with Crippen molar-refractivity contribution in [1.29, 1.82) is 0 Å². The average molecular weight is 643 g/mol. The molecule has 0 atom stereocenters. The molecule has 0 saturated carbocycles. The summed E-state index contributed by atoms with van der Waals surface area (Å²) in [6.45, 7) is 8.87. The standard InChI is InChI=1S/C31H42N6O7S/c1-5-6-21-45(41,42)35-44-27(38)15-18-32-28(39)22-11-13-24(14-12-22)36-19-16-23(17-20-36)33-29-34-25-9-7-8-10-26(25)37(29)30(40)43-31(2,3)4/h7-14,23,35H,5-6,15-21H2,1-4H3,(H,32,39)(H,33,34). The minimum absolute atomic E-state index is 0.00164. The number of piperidine rings is 1. The van der Waals surface area contributed by atoms with Crippen molar-refractivity contribution in [3.8, 4) is 0 Å². The second-order valence-electron chi connectivity index (χ2n) is 11.9. The summed E-state index contributed by atoms with van der Waals surface area (Å²) < 4.78 is 30.6. The first-order valence-corrected chi connectivity index (χ1v) is 16.8. The van der Waals surface area contributed by atoms with Crippen LogP contribution in [0.5, 0.6) is 0 Å². The Morgan fingerprint density at radius 1 is 1.02 bits per heavy atom. The molecule has 0 unspecified atom stereocenters. The van der Waals surface area contributed by atoms with Gasteiger partial charge in [-0.3, -0.25) is 9.59 Å². The van der Waals surface area contributed by atoms with Crippen LogP contribution in [0.2, 0.25) is 0 Å². The third-order valence-corrected chi connectivity index (χ3v) is 8.29. The van der Waals surface area contributed by atoms with E-state index < -0.39 is 27.7 Å². The number of anilines is 2. The maximum atomic E-state index is 13.1. The predicted octanol–water partition coefficient (Wildman–Crippen LogP) is 4.20. The van der Waals surface area contributed by atoms with Crippen molar-refractivity contribution in [2.75, 3.05) is 35.6 Å². The summed E-state index contributed by atoms with van der Waals surface area (Å²) >= 11 is 0. The van der Waals surface area contributed by atoms with Crippen LogP contribution < -0.4 is 20.4 Å². The van der Waals surface area contributed by atoms with Gasteiger partial charge in [0.05, 0.1) is 23.2 Å². The fourth-order valence-corrected chi connectivity index (χ4v) is 5.79. The van der Waals surface area contributed by atoms with Crippen LogP contribution in [0.15, 0.2) is 48.5 Å². The number of benzene rings is 2. The summed E-state index contributed by atoms with van der Waals surface area (Å²) in [5, 5.41) is 6.10. The maximum Gasteiger partial charge on any atom is 0.421 e. The highest BCUT2D eigenvalue weighted by Gasteiger charge is 2.26. The maximum absolute atomic E-state index is 13.1. The molecule has 4 rings (SSSR count). The molecule has 1 aromatic heterocycles. The molecule has 0 aliphatic carbocycles. The van der Waals surface area contributed by atoms with Gasteiger partial charge >= 0.3 is 12.1 Å². The van der Waals surface area contributed by atoms with E-state index >= 15 is 0 Å². The molecule has 0 radical (unpaired) electrons. The Kier molecular flexibility index (Phi) is 11.0. The molecule has 1 fully saturated rings. The lowest BCUT2D eigenvalue weighted by Gasteiger charge is -2.34. The normalized spacial score (nSPS) is 14.3. The van der Waals surface area contributed by atoms with E-state index in [1.54, 1.807) is 12.1 Å². The molecule has 14 heteroatoms. The van der Waals surface area contributed by atoms with Crippen LogP contribution in [0.1, 0.15) is 70.2 Å². The van der Waals surface area contributed by atoms with Crippen molar-refractivity contribution in [2.24, 2.45) is 0 Å². The highest BCUT2D eigenvalue weighted by Crippen LogP contribution is 2.26. The Morgan fingerprint density at radius 2 is 1.71 bits per heavy atom. The quantitative estimate of drug-likeness (QED) is 0.244. The number of imidazole rings is 1. The Hall–Kier alpha value is -4.17. The fourth-order valence-electron chi connectivity index (χ4n) is 4.82. The van der Waals surface area contributed by atoms with Gasteiger partial charge in [-0.25, -0.2) is 22.8 Å². The summed E-state index contributed by atoms with van der Waals surface area (Å²) in [5.74, 6) is -0.807. The third kappa shape index (κ3) is 9.66. The number of unbranched alkanes of at least 4 members (excludes halogenated alkanes) is 1. The lowest BCUT2D eigenvalue weighted by atomic mass is 10.0. The van der Waals surface area contributed by atoms with Crippen molar-refractivity contribution in [2.45, 2.75) is 71.4 Å². The predicted molar refractivity (Wildman–Crippen MR) is 172 cm³/mol. The number of sulfonamides is 1. The zero-order valence-corrected chi connectivity index (χ0v) is 27.0. The average Bonchev–Trinajstić information content (AvgIpc) is 3.36. The molecule has 2 heterocycles. The van der Waals surface area contributed by atoms with Crippen LogP contribution >= 0.6 is 0 Å². The van der Waals surface area contributed by atoms with Crippen LogP contribution in [0.3, 0.4) is 0 Å². The van der Waals surface area contributed by atoms with Gasteiger partial charge in [0.2, 0.25) is 16.0 Å². The number of carbonyl (C=O) groups excluding carboxylic acids is 3. The summed E-state index contributed by atoms with van der Waals surface area (Å²) in [6.07, 6.45) is 2.11. The van der Waals surface area contributed by atoms with Gasteiger partial charge < -0.3 is 25.1 Å². The molecule has 2 aromatic carbocycles. The molecule has 1 amide bonds.